The van der Waals surface area contributed by atoms with Crippen LogP contribution in [0, 0.1) is 6.92 Å². The van der Waals surface area contributed by atoms with Gasteiger partial charge in [0.25, 0.3) is 0 Å². The maximum atomic E-state index is 5.67. The number of hydrogen-bond acceptors (Lipinski definition) is 3. The highest BCUT2D eigenvalue weighted by atomic mass is 16.5. The van der Waals surface area contributed by atoms with Crippen LogP contribution in [0.1, 0.15) is 34.9 Å². The fourth-order valence-corrected chi connectivity index (χ4v) is 3.69. The first-order valence-corrected chi connectivity index (χ1v) is 8.21. The van der Waals surface area contributed by atoms with Gasteiger partial charge in [-0.2, -0.15) is 0 Å². The minimum Gasteiger partial charge on any atom is -0.360 e. The van der Waals surface area contributed by atoms with E-state index < -0.39 is 0 Å². The SMILES string of the molecule is C=CCN(CC=C)C1CCc2ccccc2C1c1cc(C)no1. The predicted octanol–water partition coefficient (Wildman–Crippen LogP) is 4.10. The molecule has 1 aromatic carbocycles. The van der Waals surface area contributed by atoms with Crippen LogP contribution >= 0.6 is 0 Å². The smallest absolute Gasteiger partial charge is 0.146 e. The average Bonchev–Trinajstić information content (AvgIpc) is 2.99. The number of aromatic nitrogens is 1. The molecule has 1 aliphatic rings. The maximum Gasteiger partial charge on any atom is 0.146 e. The molecule has 1 aliphatic carbocycles. The summed E-state index contributed by atoms with van der Waals surface area (Å²) >= 11 is 0. The molecular weight excluding hydrogens is 284 g/mol. The second kappa shape index (κ2) is 6.97. The molecule has 0 spiro atoms. The van der Waals surface area contributed by atoms with Crippen LogP contribution in [0.3, 0.4) is 0 Å². The van der Waals surface area contributed by atoms with Crippen LogP contribution in [-0.2, 0) is 6.42 Å². The average molecular weight is 308 g/mol. The minimum atomic E-state index is 0.209. The van der Waals surface area contributed by atoms with Crippen molar-refractivity contribution in [2.24, 2.45) is 0 Å². The molecule has 3 heteroatoms. The van der Waals surface area contributed by atoms with E-state index in [0.29, 0.717) is 6.04 Å². The van der Waals surface area contributed by atoms with Gasteiger partial charge in [-0.1, -0.05) is 41.6 Å². The molecule has 2 unspecified atom stereocenters. The Morgan fingerprint density at radius 3 is 2.65 bits per heavy atom. The number of hydrogen-bond donors (Lipinski definition) is 0. The third kappa shape index (κ3) is 3.15. The van der Waals surface area contributed by atoms with Crippen LogP contribution in [0.25, 0.3) is 0 Å². The fourth-order valence-electron chi connectivity index (χ4n) is 3.69. The second-order valence-electron chi connectivity index (χ2n) is 6.18. The normalized spacial score (nSPS) is 20.3. The molecule has 0 amide bonds. The number of fused-ring (bicyclic) bond motifs is 1. The van der Waals surface area contributed by atoms with Gasteiger partial charge < -0.3 is 4.52 Å². The van der Waals surface area contributed by atoms with Crippen molar-refractivity contribution in [1.82, 2.24) is 10.1 Å². The number of rotatable bonds is 6. The van der Waals surface area contributed by atoms with Gasteiger partial charge >= 0.3 is 0 Å². The van der Waals surface area contributed by atoms with Crippen LogP contribution in [0.5, 0.6) is 0 Å². The molecule has 0 saturated heterocycles. The van der Waals surface area contributed by atoms with Gasteiger partial charge in [0.15, 0.2) is 0 Å². The van der Waals surface area contributed by atoms with Gasteiger partial charge in [0.05, 0.1) is 11.6 Å². The van der Waals surface area contributed by atoms with Crippen molar-refractivity contribution in [2.45, 2.75) is 31.7 Å². The zero-order valence-electron chi connectivity index (χ0n) is 13.7. The van der Waals surface area contributed by atoms with Crippen LogP contribution in [0.2, 0.25) is 0 Å². The van der Waals surface area contributed by atoms with E-state index in [1.54, 1.807) is 0 Å². The van der Waals surface area contributed by atoms with Crippen molar-refractivity contribution >= 4 is 0 Å². The van der Waals surface area contributed by atoms with E-state index >= 15 is 0 Å². The summed E-state index contributed by atoms with van der Waals surface area (Å²) in [6, 6.07) is 11.1. The van der Waals surface area contributed by atoms with Gasteiger partial charge in [0.2, 0.25) is 0 Å². The maximum absolute atomic E-state index is 5.67. The van der Waals surface area contributed by atoms with Crippen molar-refractivity contribution in [3.63, 3.8) is 0 Å². The van der Waals surface area contributed by atoms with Gasteiger partial charge in [-0.25, -0.2) is 0 Å². The molecule has 3 rings (SSSR count). The minimum absolute atomic E-state index is 0.209. The summed E-state index contributed by atoms with van der Waals surface area (Å²) in [6.45, 7) is 11.5. The summed E-state index contributed by atoms with van der Waals surface area (Å²) < 4.78 is 5.67. The van der Waals surface area contributed by atoms with Gasteiger partial charge in [-0.05, 0) is 30.9 Å². The molecule has 0 aliphatic heterocycles. The van der Waals surface area contributed by atoms with E-state index in [4.69, 9.17) is 4.52 Å². The Morgan fingerprint density at radius 2 is 2.00 bits per heavy atom. The van der Waals surface area contributed by atoms with Crippen LogP contribution in [0.4, 0.5) is 0 Å². The molecule has 0 saturated carbocycles. The summed E-state index contributed by atoms with van der Waals surface area (Å²) in [7, 11) is 0. The van der Waals surface area contributed by atoms with Crippen LogP contribution < -0.4 is 0 Å². The number of benzene rings is 1. The van der Waals surface area contributed by atoms with E-state index in [1.165, 1.54) is 11.1 Å². The first kappa shape index (κ1) is 15.8. The third-order valence-corrected chi connectivity index (χ3v) is 4.63. The molecular formula is C20H24N2O. The second-order valence-corrected chi connectivity index (χ2v) is 6.18. The fraction of sp³-hybridized carbons (Fsp3) is 0.350. The topological polar surface area (TPSA) is 29.3 Å². The summed E-state index contributed by atoms with van der Waals surface area (Å²) in [4.78, 5) is 2.43. The van der Waals surface area contributed by atoms with E-state index in [1.807, 2.05) is 19.1 Å². The van der Waals surface area contributed by atoms with Crippen molar-refractivity contribution in [3.8, 4) is 0 Å². The van der Waals surface area contributed by atoms with Crippen molar-refractivity contribution in [2.75, 3.05) is 13.1 Å². The lowest BCUT2D eigenvalue weighted by molar-refractivity contribution is 0.185. The monoisotopic (exact) mass is 308 g/mol. The van der Waals surface area contributed by atoms with E-state index in [0.717, 1.165) is 37.4 Å². The standard InChI is InChI=1S/C20H24N2O/c1-4-12-22(13-5-2)18-11-10-16-8-6-7-9-17(16)20(18)19-14-15(3)21-23-19/h4-9,14,18,20H,1-2,10-13H2,3H3. The first-order valence-electron chi connectivity index (χ1n) is 8.21. The summed E-state index contributed by atoms with van der Waals surface area (Å²) in [5.74, 6) is 1.17. The largest absolute Gasteiger partial charge is 0.360 e. The molecule has 1 aromatic heterocycles. The zero-order chi connectivity index (χ0) is 16.2. The highest BCUT2D eigenvalue weighted by molar-refractivity contribution is 5.39. The lowest BCUT2D eigenvalue weighted by atomic mass is 9.77. The van der Waals surface area contributed by atoms with Crippen molar-refractivity contribution < 1.29 is 4.52 Å². The Bertz CT molecular complexity index is 678. The first-order chi connectivity index (χ1) is 11.2. The Morgan fingerprint density at radius 1 is 1.26 bits per heavy atom. The zero-order valence-corrected chi connectivity index (χ0v) is 13.7. The molecule has 0 bridgehead atoms. The van der Waals surface area contributed by atoms with Crippen LogP contribution in [0.15, 0.2) is 60.2 Å². The molecule has 23 heavy (non-hydrogen) atoms. The van der Waals surface area contributed by atoms with Crippen molar-refractivity contribution in [3.05, 3.63) is 78.2 Å². The molecule has 2 atom stereocenters. The van der Waals surface area contributed by atoms with Gasteiger partial charge in [-0.3, -0.25) is 4.90 Å². The van der Waals surface area contributed by atoms with Gasteiger partial charge in [0, 0.05) is 25.2 Å². The molecule has 0 N–H and O–H groups in total. The summed E-state index contributed by atoms with van der Waals surface area (Å²) in [6.07, 6.45) is 6.12. The highest BCUT2D eigenvalue weighted by Crippen LogP contribution is 2.39. The predicted molar refractivity (Wildman–Crippen MR) is 93.6 cm³/mol. The van der Waals surface area contributed by atoms with E-state index in [-0.39, 0.29) is 5.92 Å². The summed E-state index contributed by atoms with van der Waals surface area (Å²) in [5.41, 5.74) is 3.71. The van der Waals surface area contributed by atoms with Gasteiger partial charge in [-0.15, -0.1) is 13.2 Å². The third-order valence-electron chi connectivity index (χ3n) is 4.63. The number of aryl methyl sites for hydroxylation is 2. The van der Waals surface area contributed by atoms with Crippen molar-refractivity contribution in [1.29, 1.82) is 0 Å². The van der Waals surface area contributed by atoms with E-state index in [2.05, 4.69) is 53.5 Å². The number of nitrogens with zero attached hydrogens (tertiary/aromatic N) is 2. The molecule has 0 radical (unpaired) electrons. The Hall–Kier alpha value is -2.13. The quantitative estimate of drug-likeness (QED) is 0.752. The summed E-state index contributed by atoms with van der Waals surface area (Å²) in [5, 5.41) is 4.12. The Balaban J connectivity index is 2.04. The van der Waals surface area contributed by atoms with Gasteiger partial charge in [0.1, 0.15) is 5.76 Å². The lowest BCUT2D eigenvalue weighted by Gasteiger charge is -2.39. The molecule has 3 nitrogen and oxygen atoms in total. The van der Waals surface area contributed by atoms with E-state index in [9.17, 15) is 0 Å². The molecule has 120 valence electrons. The molecule has 0 fully saturated rings. The Labute approximate surface area is 138 Å². The molecule has 2 aromatic rings. The van der Waals surface area contributed by atoms with Crippen LogP contribution in [-0.4, -0.2) is 29.2 Å². The lowest BCUT2D eigenvalue weighted by Crippen LogP contribution is -2.42. The molecule has 1 heterocycles. The highest BCUT2D eigenvalue weighted by Gasteiger charge is 2.36. The Kier molecular flexibility index (Phi) is 4.77.